The lowest BCUT2D eigenvalue weighted by atomic mass is 10.3. The first-order valence-corrected chi connectivity index (χ1v) is 6.05. The monoisotopic (exact) mass is 247 g/mol. The smallest absolute Gasteiger partial charge is 0.241 e. The Morgan fingerprint density at radius 3 is 2.44 bits per heavy atom. The highest BCUT2D eigenvalue weighted by Gasteiger charge is 2.19. The number of amides is 2. The van der Waals surface area contributed by atoms with Crippen molar-refractivity contribution >= 4 is 18.0 Å². The van der Waals surface area contributed by atoms with Gasteiger partial charge in [0.25, 0.3) is 0 Å². The third-order valence-electron chi connectivity index (χ3n) is 3.03. The van der Waals surface area contributed by atoms with E-state index in [-0.39, 0.29) is 5.91 Å². The zero-order valence-electron chi connectivity index (χ0n) is 10.2. The highest BCUT2D eigenvalue weighted by Crippen LogP contribution is 2.05. The van der Waals surface area contributed by atoms with Crippen LogP contribution in [0.4, 0.5) is 5.69 Å². The van der Waals surface area contributed by atoms with E-state index < -0.39 is 0 Å². The van der Waals surface area contributed by atoms with E-state index in [0.29, 0.717) is 32.7 Å². The molecule has 0 aliphatic carbocycles. The first-order valence-electron chi connectivity index (χ1n) is 6.05. The van der Waals surface area contributed by atoms with E-state index >= 15 is 0 Å². The van der Waals surface area contributed by atoms with Crippen molar-refractivity contribution in [3.8, 4) is 0 Å². The second-order valence-electron chi connectivity index (χ2n) is 4.24. The molecule has 96 valence electrons. The van der Waals surface area contributed by atoms with E-state index in [9.17, 15) is 9.59 Å². The fraction of sp³-hybridized carbons (Fsp3) is 0.385. The average Bonchev–Trinajstić information content (AvgIpc) is 2.46. The van der Waals surface area contributed by atoms with Gasteiger partial charge >= 0.3 is 0 Å². The Balaban J connectivity index is 1.77. The molecule has 0 atom stereocenters. The minimum Gasteiger partial charge on any atom is -0.376 e. The van der Waals surface area contributed by atoms with Crippen molar-refractivity contribution in [1.82, 2.24) is 9.80 Å². The number of nitrogens with one attached hydrogen (secondary N) is 1. The van der Waals surface area contributed by atoms with Crippen LogP contribution in [-0.4, -0.2) is 54.8 Å². The number of carbonyl (C=O) groups excluding carboxylic acids is 2. The van der Waals surface area contributed by atoms with Gasteiger partial charge in [-0.15, -0.1) is 0 Å². The summed E-state index contributed by atoms with van der Waals surface area (Å²) in [7, 11) is 0. The molecule has 1 fully saturated rings. The van der Waals surface area contributed by atoms with Gasteiger partial charge in [0.15, 0.2) is 0 Å². The molecule has 0 spiro atoms. The van der Waals surface area contributed by atoms with E-state index in [1.54, 1.807) is 9.80 Å². The van der Waals surface area contributed by atoms with Gasteiger partial charge < -0.3 is 15.1 Å². The summed E-state index contributed by atoms with van der Waals surface area (Å²) in [4.78, 5) is 26.0. The number of carbonyl (C=O) groups is 2. The molecule has 5 nitrogen and oxygen atoms in total. The summed E-state index contributed by atoms with van der Waals surface area (Å²) >= 11 is 0. The van der Waals surface area contributed by atoms with E-state index in [1.165, 1.54) is 0 Å². The number of hydrogen-bond acceptors (Lipinski definition) is 3. The van der Waals surface area contributed by atoms with E-state index in [0.717, 1.165) is 12.1 Å². The molecule has 0 unspecified atom stereocenters. The van der Waals surface area contributed by atoms with Gasteiger partial charge in [0.2, 0.25) is 12.3 Å². The Hall–Kier alpha value is -2.04. The third kappa shape index (κ3) is 3.23. The predicted octanol–water partition coefficient (Wildman–Crippen LogP) is 0.399. The van der Waals surface area contributed by atoms with Gasteiger partial charge in [-0.2, -0.15) is 0 Å². The summed E-state index contributed by atoms with van der Waals surface area (Å²) in [6.07, 6.45) is 0.837. The summed E-state index contributed by atoms with van der Waals surface area (Å²) in [6.45, 7) is 2.79. The minimum atomic E-state index is 0.0735. The number of benzene rings is 1. The Bertz CT molecular complexity index is 400. The van der Waals surface area contributed by atoms with E-state index in [4.69, 9.17) is 0 Å². The van der Waals surface area contributed by atoms with Gasteiger partial charge in [-0.1, -0.05) is 18.2 Å². The summed E-state index contributed by atoms with van der Waals surface area (Å²) in [5.41, 5.74) is 0.942. The van der Waals surface area contributed by atoms with Gasteiger partial charge in [-0.25, -0.2) is 0 Å². The quantitative estimate of drug-likeness (QED) is 0.784. The molecule has 0 radical (unpaired) electrons. The molecule has 2 rings (SSSR count). The molecule has 1 aliphatic rings. The van der Waals surface area contributed by atoms with Crippen LogP contribution in [0.1, 0.15) is 0 Å². The van der Waals surface area contributed by atoms with Crippen molar-refractivity contribution in [2.75, 3.05) is 38.0 Å². The first kappa shape index (κ1) is 12.4. The maximum atomic E-state index is 11.9. The third-order valence-corrected chi connectivity index (χ3v) is 3.03. The number of piperazine rings is 1. The highest BCUT2D eigenvalue weighted by molar-refractivity contribution is 5.81. The van der Waals surface area contributed by atoms with Crippen LogP contribution in [0, 0.1) is 0 Å². The number of nitrogens with zero attached hydrogens (tertiary/aromatic N) is 2. The highest BCUT2D eigenvalue weighted by atomic mass is 16.2. The van der Waals surface area contributed by atoms with Crippen LogP contribution in [0.2, 0.25) is 0 Å². The van der Waals surface area contributed by atoms with Crippen molar-refractivity contribution < 1.29 is 9.59 Å². The Kier molecular flexibility index (Phi) is 4.17. The van der Waals surface area contributed by atoms with Crippen LogP contribution in [0.15, 0.2) is 30.3 Å². The lowest BCUT2D eigenvalue weighted by molar-refractivity contribution is -0.133. The molecule has 0 saturated carbocycles. The molecule has 1 heterocycles. The van der Waals surface area contributed by atoms with Crippen LogP contribution in [0.25, 0.3) is 0 Å². The molecule has 2 amide bonds. The molecule has 1 aromatic rings. The standard InChI is InChI=1S/C13H17N3O2/c17-11-15-6-8-16(9-7-15)13(18)10-14-12-4-2-1-3-5-12/h1-5,11,14H,6-10H2. The van der Waals surface area contributed by atoms with E-state index in [1.807, 2.05) is 30.3 Å². The minimum absolute atomic E-state index is 0.0735. The summed E-state index contributed by atoms with van der Waals surface area (Å²) in [5.74, 6) is 0.0735. The molecular weight excluding hydrogens is 230 g/mol. The molecular formula is C13H17N3O2. The zero-order valence-corrected chi connectivity index (χ0v) is 10.2. The van der Waals surface area contributed by atoms with Crippen molar-refractivity contribution in [2.45, 2.75) is 0 Å². The van der Waals surface area contributed by atoms with Crippen molar-refractivity contribution in [3.05, 3.63) is 30.3 Å². The molecule has 0 aromatic heterocycles. The van der Waals surface area contributed by atoms with Crippen molar-refractivity contribution in [3.63, 3.8) is 0 Å². The van der Waals surface area contributed by atoms with Crippen LogP contribution in [-0.2, 0) is 9.59 Å². The number of anilines is 1. The van der Waals surface area contributed by atoms with Crippen LogP contribution >= 0.6 is 0 Å². The largest absolute Gasteiger partial charge is 0.376 e. The van der Waals surface area contributed by atoms with Crippen LogP contribution in [0.3, 0.4) is 0 Å². The molecule has 1 aliphatic heterocycles. The SMILES string of the molecule is O=CN1CCN(C(=O)CNc2ccccc2)CC1. The maximum Gasteiger partial charge on any atom is 0.241 e. The maximum absolute atomic E-state index is 11.9. The predicted molar refractivity (Wildman–Crippen MR) is 69.1 cm³/mol. The summed E-state index contributed by atoms with van der Waals surface area (Å²) in [5, 5.41) is 3.09. The molecule has 5 heteroatoms. The number of hydrogen-bond donors (Lipinski definition) is 1. The van der Waals surface area contributed by atoms with Gasteiger partial charge in [-0.05, 0) is 12.1 Å². The Morgan fingerprint density at radius 2 is 1.83 bits per heavy atom. The molecule has 1 aromatic carbocycles. The molecule has 18 heavy (non-hydrogen) atoms. The molecule has 1 N–H and O–H groups in total. The topological polar surface area (TPSA) is 52.7 Å². The van der Waals surface area contributed by atoms with Crippen molar-refractivity contribution in [2.24, 2.45) is 0 Å². The second kappa shape index (κ2) is 6.05. The lowest BCUT2D eigenvalue weighted by Gasteiger charge is -2.32. The summed E-state index contributed by atoms with van der Waals surface area (Å²) in [6, 6.07) is 9.65. The van der Waals surface area contributed by atoms with Gasteiger partial charge in [0.05, 0.1) is 6.54 Å². The van der Waals surface area contributed by atoms with Gasteiger partial charge in [-0.3, -0.25) is 9.59 Å². The van der Waals surface area contributed by atoms with E-state index in [2.05, 4.69) is 5.32 Å². The fourth-order valence-electron chi connectivity index (χ4n) is 1.92. The number of para-hydroxylation sites is 1. The average molecular weight is 247 g/mol. The Labute approximate surface area is 106 Å². The fourth-order valence-corrected chi connectivity index (χ4v) is 1.92. The number of rotatable bonds is 4. The van der Waals surface area contributed by atoms with Gasteiger partial charge in [0, 0.05) is 31.9 Å². The molecule has 0 bridgehead atoms. The summed E-state index contributed by atoms with van der Waals surface area (Å²) < 4.78 is 0. The lowest BCUT2D eigenvalue weighted by Crippen LogP contribution is -2.49. The second-order valence-corrected chi connectivity index (χ2v) is 4.24. The van der Waals surface area contributed by atoms with Gasteiger partial charge in [0.1, 0.15) is 0 Å². The first-order chi connectivity index (χ1) is 8.79. The Morgan fingerprint density at radius 1 is 1.17 bits per heavy atom. The van der Waals surface area contributed by atoms with Crippen LogP contribution in [0.5, 0.6) is 0 Å². The molecule has 1 saturated heterocycles. The zero-order chi connectivity index (χ0) is 12.8. The van der Waals surface area contributed by atoms with Crippen LogP contribution < -0.4 is 5.32 Å². The normalized spacial score (nSPS) is 15.3. The van der Waals surface area contributed by atoms with Crippen molar-refractivity contribution in [1.29, 1.82) is 0 Å².